The number of nitrogens with one attached hydrogen (secondary N) is 3. The SMILES string of the molecule is CC(=O)Nc1ccc(NC(=O)CN[C@H](C)c2ccccc2)cc1. The molecule has 2 aromatic carbocycles. The van der Waals surface area contributed by atoms with Gasteiger partial charge in [0.25, 0.3) is 0 Å². The van der Waals surface area contributed by atoms with Gasteiger partial charge in [-0.15, -0.1) is 0 Å². The Kier molecular flexibility index (Phi) is 5.88. The van der Waals surface area contributed by atoms with Crippen LogP contribution in [-0.4, -0.2) is 18.4 Å². The molecule has 5 heteroatoms. The molecule has 0 heterocycles. The zero-order valence-electron chi connectivity index (χ0n) is 13.3. The standard InChI is InChI=1S/C18H21N3O2/c1-13(15-6-4-3-5-7-15)19-12-18(23)21-17-10-8-16(9-11-17)20-14(2)22/h3-11,13,19H,12H2,1-2H3,(H,20,22)(H,21,23)/t13-/m1/s1. The van der Waals surface area contributed by atoms with Crippen molar-refractivity contribution in [3.8, 4) is 0 Å². The summed E-state index contributed by atoms with van der Waals surface area (Å²) >= 11 is 0. The van der Waals surface area contributed by atoms with E-state index in [0.29, 0.717) is 11.4 Å². The molecule has 0 aromatic heterocycles. The highest BCUT2D eigenvalue weighted by Crippen LogP contribution is 2.14. The van der Waals surface area contributed by atoms with Gasteiger partial charge in [0.05, 0.1) is 6.54 Å². The topological polar surface area (TPSA) is 70.2 Å². The maximum absolute atomic E-state index is 12.0. The third-order valence-corrected chi connectivity index (χ3v) is 3.36. The van der Waals surface area contributed by atoms with Gasteiger partial charge >= 0.3 is 0 Å². The molecule has 0 radical (unpaired) electrons. The first-order chi connectivity index (χ1) is 11.0. The number of rotatable bonds is 6. The van der Waals surface area contributed by atoms with Crippen LogP contribution < -0.4 is 16.0 Å². The lowest BCUT2D eigenvalue weighted by Crippen LogP contribution is -2.30. The van der Waals surface area contributed by atoms with E-state index in [1.165, 1.54) is 6.92 Å². The van der Waals surface area contributed by atoms with Gasteiger partial charge in [-0.2, -0.15) is 0 Å². The van der Waals surface area contributed by atoms with E-state index in [-0.39, 0.29) is 24.4 Å². The molecule has 0 saturated heterocycles. The molecular weight excluding hydrogens is 290 g/mol. The molecular formula is C18H21N3O2. The second kappa shape index (κ2) is 8.10. The van der Waals surface area contributed by atoms with E-state index < -0.39 is 0 Å². The van der Waals surface area contributed by atoms with Gasteiger partial charge in [-0.1, -0.05) is 30.3 Å². The summed E-state index contributed by atoms with van der Waals surface area (Å²) < 4.78 is 0. The van der Waals surface area contributed by atoms with Gasteiger partial charge in [0.1, 0.15) is 0 Å². The fourth-order valence-electron chi connectivity index (χ4n) is 2.15. The quantitative estimate of drug-likeness (QED) is 0.768. The van der Waals surface area contributed by atoms with Gasteiger partial charge in [0, 0.05) is 24.3 Å². The Labute approximate surface area is 136 Å². The van der Waals surface area contributed by atoms with Gasteiger partial charge in [-0.25, -0.2) is 0 Å². The summed E-state index contributed by atoms with van der Waals surface area (Å²) in [6.45, 7) is 3.70. The Balaban J connectivity index is 1.81. The Bertz CT molecular complexity index is 654. The van der Waals surface area contributed by atoms with Gasteiger partial charge in [-0.05, 0) is 36.8 Å². The molecule has 1 atom stereocenters. The second-order valence-electron chi connectivity index (χ2n) is 5.32. The van der Waals surface area contributed by atoms with Gasteiger partial charge in [0.2, 0.25) is 11.8 Å². The molecule has 5 nitrogen and oxygen atoms in total. The molecule has 0 saturated carbocycles. The van der Waals surface area contributed by atoms with Crippen molar-refractivity contribution in [2.24, 2.45) is 0 Å². The predicted molar refractivity (Wildman–Crippen MR) is 92.2 cm³/mol. The van der Waals surface area contributed by atoms with E-state index in [9.17, 15) is 9.59 Å². The molecule has 0 aliphatic carbocycles. The fraction of sp³-hybridized carbons (Fsp3) is 0.222. The molecule has 2 amide bonds. The van der Waals surface area contributed by atoms with Crippen molar-refractivity contribution in [1.82, 2.24) is 5.32 Å². The average Bonchev–Trinajstić information content (AvgIpc) is 2.55. The van der Waals surface area contributed by atoms with E-state index >= 15 is 0 Å². The lowest BCUT2D eigenvalue weighted by Gasteiger charge is -2.14. The van der Waals surface area contributed by atoms with Crippen molar-refractivity contribution in [2.75, 3.05) is 17.2 Å². The van der Waals surface area contributed by atoms with Crippen LogP contribution in [0.15, 0.2) is 54.6 Å². The number of benzene rings is 2. The molecule has 0 unspecified atom stereocenters. The van der Waals surface area contributed by atoms with E-state index in [1.54, 1.807) is 24.3 Å². The number of carbonyl (C=O) groups is 2. The first-order valence-corrected chi connectivity index (χ1v) is 7.50. The summed E-state index contributed by atoms with van der Waals surface area (Å²) in [6.07, 6.45) is 0. The number of amides is 2. The highest BCUT2D eigenvalue weighted by Gasteiger charge is 2.07. The van der Waals surface area contributed by atoms with E-state index in [0.717, 1.165) is 5.56 Å². The minimum absolute atomic E-state index is 0.101. The summed E-state index contributed by atoms with van der Waals surface area (Å²) in [5.41, 5.74) is 2.53. The number of hydrogen-bond acceptors (Lipinski definition) is 3. The third-order valence-electron chi connectivity index (χ3n) is 3.36. The van der Waals surface area contributed by atoms with Gasteiger partial charge in [0.15, 0.2) is 0 Å². The highest BCUT2D eigenvalue weighted by atomic mass is 16.2. The van der Waals surface area contributed by atoms with Crippen LogP contribution in [0.3, 0.4) is 0 Å². The lowest BCUT2D eigenvalue weighted by atomic mass is 10.1. The van der Waals surface area contributed by atoms with Crippen molar-refractivity contribution in [2.45, 2.75) is 19.9 Å². The molecule has 0 spiro atoms. The van der Waals surface area contributed by atoms with Crippen molar-refractivity contribution in [3.05, 3.63) is 60.2 Å². The highest BCUT2D eigenvalue weighted by molar-refractivity contribution is 5.93. The van der Waals surface area contributed by atoms with Crippen LogP contribution in [0.4, 0.5) is 11.4 Å². The van der Waals surface area contributed by atoms with Crippen LogP contribution in [0.2, 0.25) is 0 Å². The van der Waals surface area contributed by atoms with Gasteiger partial charge < -0.3 is 16.0 Å². The zero-order chi connectivity index (χ0) is 16.7. The third kappa shape index (κ3) is 5.56. The van der Waals surface area contributed by atoms with E-state index in [4.69, 9.17) is 0 Å². The first kappa shape index (κ1) is 16.7. The molecule has 0 aliphatic heterocycles. The number of anilines is 2. The predicted octanol–water partition coefficient (Wildman–Crippen LogP) is 2.93. The van der Waals surface area contributed by atoms with Crippen LogP contribution in [-0.2, 0) is 9.59 Å². The first-order valence-electron chi connectivity index (χ1n) is 7.50. The Morgan fingerprint density at radius 1 is 0.913 bits per heavy atom. The lowest BCUT2D eigenvalue weighted by molar-refractivity contribution is -0.115. The van der Waals surface area contributed by atoms with Crippen LogP contribution >= 0.6 is 0 Å². The molecule has 2 rings (SSSR count). The van der Waals surface area contributed by atoms with Crippen LogP contribution in [0.25, 0.3) is 0 Å². The molecule has 0 aliphatic rings. The van der Waals surface area contributed by atoms with Crippen molar-refractivity contribution in [3.63, 3.8) is 0 Å². The molecule has 0 bridgehead atoms. The Hall–Kier alpha value is -2.66. The number of hydrogen-bond donors (Lipinski definition) is 3. The van der Waals surface area contributed by atoms with Crippen molar-refractivity contribution < 1.29 is 9.59 Å². The zero-order valence-corrected chi connectivity index (χ0v) is 13.3. The molecule has 3 N–H and O–H groups in total. The molecule has 23 heavy (non-hydrogen) atoms. The Morgan fingerprint density at radius 3 is 2.04 bits per heavy atom. The normalized spacial score (nSPS) is 11.6. The number of carbonyl (C=O) groups excluding carboxylic acids is 2. The Morgan fingerprint density at radius 2 is 1.48 bits per heavy atom. The molecule has 0 fully saturated rings. The van der Waals surface area contributed by atoms with E-state index in [2.05, 4.69) is 16.0 Å². The minimum Gasteiger partial charge on any atom is -0.326 e. The largest absolute Gasteiger partial charge is 0.326 e. The molecule has 2 aromatic rings. The summed E-state index contributed by atoms with van der Waals surface area (Å²) in [4.78, 5) is 22.9. The fourth-order valence-corrected chi connectivity index (χ4v) is 2.15. The maximum Gasteiger partial charge on any atom is 0.238 e. The summed E-state index contributed by atoms with van der Waals surface area (Å²) in [5, 5.41) is 8.68. The minimum atomic E-state index is -0.124. The van der Waals surface area contributed by atoms with E-state index in [1.807, 2.05) is 37.3 Å². The van der Waals surface area contributed by atoms with Crippen LogP contribution in [0, 0.1) is 0 Å². The summed E-state index contributed by atoms with van der Waals surface area (Å²) in [6, 6.07) is 17.1. The van der Waals surface area contributed by atoms with Crippen LogP contribution in [0.1, 0.15) is 25.5 Å². The molecule has 120 valence electrons. The van der Waals surface area contributed by atoms with Crippen LogP contribution in [0.5, 0.6) is 0 Å². The average molecular weight is 311 g/mol. The second-order valence-corrected chi connectivity index (χ2v) is 5.32. The maximum atomic E-state index is 12.0. The smallest absolute Gasteiger partial charge is 0.238 e. The van der Waals surface area contributed by atoms with Crippen molar-refractivity contribution >= 4 is 23.2 Å². The summed E-state index contributed by atoms with van der Waals surface area (Å²) in [7, 11) is 0. The van der Waals surface area contributed by atoms with Gasteiger partial charge in [-0.3, -0.25) is 9.59 Å². The summed E-state index contributed by atoms with van der Waals surface area (Å²) in [5.74, 6) is -0.235. The van der Waals surface area contributed by atoms with Crippen molar-refractivity contribution in [1.29, 1.82) is 0 Å². The monoisotopic (exact) mass is 311 g/mol.